The van der Waals surface area contributed by atoms with Crippen LogP contribution >= 0.6 is 0 Å². The Balaban J connectivity index is 2.50. The zero-order valence-electron chi connectivity index (χ0n) is 22.4. The van der Waals surface area contributed by atoms with Gasteiger partial charge in [-0.2, -0.15) is 0 Å². The van der Waals surface area contributed by atoms with Gasteiger partial charge in [0.05, 0.1) is 36.6 Å². The van der Waals surface area contributed by atoms with Gasteiger partial charge < -0.3 is 69.4 Å². The molecule has 0 saturated carbocycles. The van der Waals surface area contributed by atoms with E-state index in [1.54, 1.807) is 0 Å². The zero-order valence-corrected chi connectivity index (χ0v) is 22.4. The lowest BCUT2D eigenvalue weighted by Gasteiger charge is -2.55. The highest BCUT2D eigenvalue weighted by Crippen LogP contribution is 2.44. The molecule has 14 heteroatoms. The number of ether oxygens (including phenoxy) is 4. The van der Waals surface area contributed by atoms with Crippen LogP contribution in [0.5, 0.6) is 0 Å². The molecular weight excluding hydrogens is 512 g/mol. The van der Waals surface area contributed by atoms with E-state index in [4.69, 9.17) is 18.9 Å². The maximum atomic E-state index is 12.4. The number of hydrogen-bond acceptors (Lipinski definition) is 14. The molecule has 0 aromatic carbocycles. The molecule has 0 aromatic rings. The predicted octanol–water partition coefficient (Wildman–Crippen LogP) is -4.40. The highest BCUT2D eigenvalue weighted by atomic mass is 16.7. The molecule has 38 heavy (non-hydrogen) atoms. The van der Waals surface area contributed by atoms with Crippen LogP contribution in [0.25, 0.3) is 0 Å². The Morgan fingerprint density at radius 1 is 0.921 bits per heavy atom. The second kappa shape index (κ2) is 11.6. The molecule has 0 radical (unpaired) electrons. The van der Waals surface area contributed by atoms with Gasteiger partial charge in [-0.15, -0.1) is 0 Å². The molecule has 0 spiro atoms. The van der Waals surface area contributed by atoms with E-state index < -0.39 is 109 Å². The predicted molar refractivity (Wildman–Crippen MR) is 121 cm³/mol. The molecule has 6 unspecified atom stereocenters. The number of methoxy groups -OCH3 is 1. The summed E-state index contributed by atoms with van der Waals surface area (Å²) >= 11 is 0. The maximum absolute atomic E-state index is 12.4. The molecule has 2 aliphatic rings. The van der Waals surface area contributed by atoms with E-state index in [2.05, 4.69) is 0 Å². The largest absolute Gasteiger partial charge is 0.544 e. The molecular formula is C24H40O14-2. The third kappa shape index (κ3) is 5.70. The highest BCUT2D eigenvalue weighted by molar-refractivity contribution is 5.74. The second-order valence-electron chi connectivity index (χ2n) is 10.9. The molecule has 2 heterocycles. The summed E-state index contributed by atoms with van der Waals surface area (Å²) in [5.41, 5.74) is -4.26. The minimum Gasteiger partial charge on any atom is -0.544 e. The molecule has 0 bridgehead atoms. The first-order valence-corrected chi connectivity index (χ1v) is 12.4. The van der Waals surface area contributed by atoms with Gasteiger partial charge in [-0.3, -0.25) is 0 Å². The van der Waals surface area contributed by atoms with Crippen LogP contribution in [0, 0.1) is 17.8 Å². The van der Waals surface area contributed by atoms with Gasteiger partial charge in [0.1, 0.15) is 23.6 Å². The lowest BCUT2D eigenvalue weighted by atomic mass is 9.75. The minimum absolute atomic E-state index is 0.498. The third-order valence-electron chi connectivity index (χ3n) is 8.29. The lowest BCUT2D eigenvalue weighted by Crippen LogP contribution is -2.70. The number of hydrogen-bond donors (Lipinski definition) is 6. The topological polar surface area (TPSA) is 239 Å². The first-order chi connectivity index (χ1) is 17.4. The van der Waals surface area contributed by atoms with Crippen molar-refractivity contribution in [1.82, 2.24) is 0 Å². The van der Waals surface area contributed by atoms with Crippen molar-refractivity contribution in [1.29, 1.82) is 0 Å². The summed E-state index contributed by atoms with van der Waals surface area (Å²) in [5.74, 6) is -11.8. The van der Waals surface area contributed by atoms with Crippen molar-refractivity contribution in [2.24, 2.45) is 17.8 Å². The van der Waals surface area contributed by atoms with E-state index in [0.717, 1.165) is 14.0 Å². The first-order valence-electron chi connectivity index (χ1n) is 12.4. The molecule has 12 atom stereocenters. The van der Waals surface area contributed by atoms with Crippen molar-refractivity contribution in [3.63, 3.8) is 0 Å². The average Bonchev–Trinajstić information content (AvgIpc) is 2.84. The second-order valence-corrected chi connectivity index (χ2v) is 10.9. The van der Waals surface area contributed by atoms with E-state index in [1.165, 1.54) is 27.7 Å². The first kappa shape index (κ1) is 32.8. The van der Waals surface area contributed by atoms with Crippen LogP contribution in [-0.4, -0.2) is 116 Å². The monoisotopic (exact) mass is 552 g/mol. The molecule has 2 fully saturated rings. The molecule has 2 saturated heterocycles. The van der Waals surface area contributed by atoms with Gasteiger partial charge in [0, 0.05) is 44.3 Å². The Bertz CT molecular complexity index is 848. The number of carbonyl (C=O) groups excluding carboxylic acids is 2. The number of aliphatic hydroxyl groups excluding tert-OH is 4. The number of rotatable bonds is 11. The molecule has 0 amide bonds. The van der Waals surface area contributed by atoms with Crippen LogP contribution in [0.1, 0.15) is 47.5 Å². The van der Waals surface area contributed by atoms with Crippen LogP contribution in [0.4, 0.5) is 0 Å². The van der Waals surface area contributed by atoms with E-state index >= 15 is 0 Å². The Labute approximate surface area is 220 Å². The van der Waals surface area contributed by atoms with Gasteiger partial charge in [0.15, 0.2) is 0 Å². The van der Waals surface area contributed by atoms with Gasteiger partial charge in [0.2, 0.25) is 11.6 Å². The molecule has 2 rings (SSSR count). The smallest absolute Gasteiger partial charge is 0.212 e. The van der Waals surface area contributed by atoms with Crippen molar-refractivity contribution in [2.75, 3.05) is 20.3 Å². The Hall–Kier alpha value is -1.46. The van der Waals surface area contributed by atoms with Crippen LogP contribution < -0.4 is 10.2 Å². The summed E-state index contributed by atoms with van der Waals surface area (Å²) < 4.78 is 21.8. The quantitative estimate of drug-likeness (QED) is 0.142. The molecule has 0 aromatic heterocycles. The summed E-state index contributed by atoms with van der Waals surface area (Å²) in [5, 5.41) is 87.8. The molecule has 6 N–H and O–H groups in total. The summed E-state index contributed by atoms with van der Waals surface area (Å²) in [6.45, 7) is 5.20. The number of carbonyl (C=O) groups is 2. The van der Waals surface area contributed by atoms with Gasteiger partial charge >= 0.3 is 0 Å². The number of aliphatic carboxylic acids is 2. The average molecular weight is 553 g/mol. The third-order valence-corrected chi connectivity index (χ3v) is 8.29. The molecule has 14 nitrogen and oxygen atoms in total. The Morgan fingerprint density at radius 2 is 1.34 bits per heavy atom. The number of carboxylic acid groups (broad SMARTS) is 2. The Morgan fingerprint density at radius 3 is 1.74 bits per heavy atom. The van der Waals surface area contributed by atoms with Gasteiger partial charge in [-0.05, 0) is 13.8 Å². The van der Waals surface area contributed by atoms with Crippen LogP contribution in [0.3, 0.4) is 0 Å². The van der Waals surface area contributed by atoms with Crippen LogP contribution in [-0.2, 0) is 28.5 Å². The minimum atomic E-state index is -2.81. The highest BCUT2D eigenvalue weighted by Gasteiger charge is 2.59. The van der Waals surface area contributed by atoms with Crippen LogP contribution in [0.15, 0.2) is 0 Å². The van der Waals surface area contributed by atoms with Crippen LogP contribution in [0.2, 0.25) is 0 Å². The van der Waals surface area contributed by atoms with E-state index in [9.17, 15) is 50.4 Å². The van der Waals surface area contributed by atoms with E-state index in [-0.39, 0.29) is 0 Å². The van der Waals surface area contributed by atoms with Gasteiger partial charge in [-0.1, -0.05) is 20.8 Å². The number of carboxylic acids is 2. The summed E-state index contributed by atoms with van der Waals surface area (Å²) in [4.78, 5) is 24.2. The van der Waals surface area contributed by atoms with Gasteiger partial charge in [-0.25, -0.2) is 0 Å². The number of aliphatic hydroxyl groups is 6. The molecule has 222 valence electrons. The summed E-state index contributed by atoms with van der Waals surface area (Å²) in [6, 6.07) is 0. The van der Waals surface area contributed by atoms with Crippen molar-refractivity contribution >= 4 is 11.9 Å². The van der Waals surface area contributed by atoms with Crippen molar-refractivity contribution in [2.45, 2.75) is 101 Å². The van der Waals surface area contributed by atoms with Gasteiger partial charge in [0.25, 0.3) is 0 Å². The zero-order chi connectivity index (χ0) is 29.4. The fourth-order valence-electron chi connectivity index (χ4n) is 5.17. The molecule has 2 aliphatic heterocycles. The van der Waals surface area contributed by atoms with Crippen molar-refractivity contribution < 1.29 is 69.4 Å². The molecule has 0 aliphatic carbocycles. The maximum Gasteiger partial charge on any atom is 0.212 e. The Kier molecular flexibility index (Phi) is 9.97. The SMILES string of the molecule is CO[C@]1(C(=O)[O-])C[C@H](O)[C@@H](C)C(C(C)(O)C(CO)O[C@]2(C(=O)[O-])C[C@H](O)[C@@H](C)C(C(C)(O)C(C)CO)O2)O1. The van der Waals surface area contributed by atoms with E-state index in [0.29, 0.717) is 0 Å². The van der Waals surface area contributed by atoms with E-state index in [1.807, 2.05) is 0 Å². The summed E-state index contributed by atoms with van der Waals surface area (Å²) in [7, 11) is 0.993. The van der Waals surface area contributed by atoms with Crippen molar-refractivity contribution in [3.8, 4) is 0 Å². The summed E-state index contributed by atoms with van der Waals surface area (Å²) in [6.07, 6.45) is -8.99. The fraction of sp³-hybridized carbons (Fsp3) is 0.917. The fourth-order valence-corrected chi connectivity index (χ4v) is 5.17. The lowest BCUT2D eigenvalue weighted by molar-refractivity contribution is -0.411. The normalized spacial score (nSPS) is 40.9. The standard InChI is InChI=1S/C24H42O14/c1-11(9-25)21(4,33)17-12(2)15(28)8-24(38-17,20(31)32)36-16(10-26)22(5,34)18-13(3)14(27)7-23(35-6,37-18)19(29)30/h11-18,25-28,33-34H,7-10H2,1-6H3,(H,29,30)(H,31,32)/p-2/t11?,12-,13-,14+,15+,16?,17?,18?,21?,22?,23-,24-/m1/s1. The van der Waals surface area contributed by atoms with Crippen molar-refractivity contribution in [3.05, 3.63) is 0 Å².